The summed E-state index contributed by atoms with van der Waals surface area (Å²) in [5.41, 5.74) is 0.0778. The minimum atomic E-state index is -0.533. The Morgan fingerprint density at radius 3 is 2.39 bits per heavy atom. The molecule has 36 heavy (non-hydrogen) atoms. The quantitative estimate of drug-likeness (QED) is 0.207. The van der Waals surface area contributed by atoms with Crippen LogP contribution in [0.3, 0.4) is 0 Å². The van der Waals surface area contributed by atoms with Crippen LogP contribution in [-0.2, 0) is 11.3 Å². The SMILES string of the molecule is COc1ccc(OC(C)c2nnc(SCC(=O)Nc3cc([N+](=O)[O-])ccc3OC)n2CC(C)C)cc1. The molecule has 0 bridgehead atoms. The third-order valence-electron chi connectivity index (χ3n) is 5.03. The maximum Gasteiger partial charge on any atom is 0.271 e. The van der Waals surface area contributed by atoms with Gasteiger partial charge in [-0.1, -0.05) is 25.6 Å². The molecule has 0 saturated heterocycles. The Balaban J connectivity index is 1.72. The topological polar surface area (TPSA) is 131 Å². The number of nitro groups is 1. The molecule has 2 aromatic carbocycles. The maximum absolute atomic E-state index is 12.7. The van der Waals surface area contributed by atoms with E-state index in [1.807, 2.05) is 35.8 Å². The highest BCUT2D eigenvalue weighted by Gasteiger charge is 2.22. The molecular weight excluding hydrogens is 486 g/mol. The number of benzene rings is 2. The highest BCUT2D eigenvalue weighted by atomic mass is 32.2. The van der Waals surface area contributed by atoms with Gasteiger partial charge >= 0.3 is 0 Å². The number of thioether (sulfide) groups is 1. The maximum atomic E-state index is 12.7. The zero-order valence-electron chi connectivity index (χ0n) is 20.8. The Hall–Kier alpha value is -3.80. The van der Waals surface area contributed by atoms with Crippen molar-refractivity contribution in [1.29, 1.82) is 0 Å². The summed E-state index contributed by atoms with van der Waals surface area (Å²) >= 11 is 1.22. The van der Waals surface area contributed by atoms with Crippen LogP contribution in [0, 0.1) is 16.0 Å². The Morgan fingerprint density at radius 1 is 1.08 bits per heavy atom. The summed E-state index contributed by atoms with van der Waals surface area (Å²) in [4.78, 5) is 23.2. The van der Waals surface area contributed by atoms with Gasteiger partial charge in [0.05, 0.1) is 30.6 Å². The van der Waals surface area contributed by atoms with Crippen molar-refractivity contribution in [2.24, 2.45) is 5.92 Å². The van der Waals surface area contributed by atoms with Gasteiger partial charge in [0, 0.05) is 18.7 Å². The number of rotatable bonds is 12. The van der Waals surface area contributed by atoms with Crippen LogP contribution in [0.4, 0.5) is 11.4 Å². The molecule has 1 N–H and O–H groups in total. The first-order chi connectivity index (χ1) is 17.2. The molecule has 0 aliphatic carbocycles. The van der Waals surface area contributed by atoms with Gasteiger partial charge in [0.15, 0.2) is 17.1 Å². The molecule has 0 aliphatic heterocycles. The largest absolute Gasteiger partial charge is 0.497 e. The first kappa shape index (κ1) is 26.8. The fourth-order valence-electron chi connectivity index (χ4n) is 3.38. The van der Waals surface area contributed by atoms with Gasteiger partial charge in [0.25, 0.3) is 5.69 Å². The molecule has 3 rings (SSSR count). The minimum absolute atomic E-state index is 0.0236. The third-order valence-corrected chi connectivity index (χ3v) is 6.00. The molecule has 1 amide bonds. The van der Waals surface area contributed by atoms with E-state index in [1.54, 1.807) is 7.11 Å². The first-order valence-electron chi connectivity index (χ1n) is 11.2. The molecule has 11 nitrogen and oxygen atoms in total. The highest BCUT2D eigenvalue weighted by Crippen LogP contribution is 2.30. The Labute approximate surface area is 213 Å². The van der Waals surface area contributed by atoms with Crippen LogP contribution < -0.4 is 19.5 Å². The van der Waals surface area contributed by atoms with E-state index in [9.17, 15) is 14.9 Å². The van der Waals surface area contributed by atoms with E-state index in [0.717, 1.165) is 5.75 Å². The molecule has 12 heteroatoms. The van der Waals surface area contributed by atoms with Crippen molar-refractivity contribution in [1.82, 2.24) is 14.8 Å². The van der Waals surface area contributed by atoms with Gasteiger partial charge in [0.1, 0.15) is 17.2 Å². The van der Waals surface area contributed by atoms with Crippen LogP contribution in [0.15, 0.2) is 47.6 Å². The van der Waals surface area contributed by atoms with Crippen LogP contribution in [0.25, 0.3) is 0 Å². The normalized spacial score (nSPS) is 11.7. The lowest BCUT2D eigenvalue weighted by Crippen LogP contribution is -2.17. The summed E-state index contributed by atoms with van der Waals surface area (Å²) in [5.74, 6) is 2.34. The zero-order chi connectivity index (χ0) is 26.2. The van der Waals surface area contributed by atoms with Crippen LogP contribution in [0.1, 0.15) is 32.7 Å². The lowest BCUT2D eigenvalue weighted by atomic mass is 10.2. The van der Waals surface area contributed by atoms with E-state index in [2.05, 4.69) is 29.4 Å². The molecule has 1 aromatic heterocycles. The van der Waals surface area contributed by atoms with Crippen molar-refractivity contribution in [2.75, 3.05) is 25.3 Å². The number of ether oxygens (including phenoxy) is 3. The predicted molar refractivity (Wildman–Crippen MR) is 136 cm³/mol. The monoisotopic (exact) mass is 515 g/mol. The van der Waals surface area contributed by atoms with Crippen molar-refractivity contribution >= 4 is 29.0 Å². The number of hydrogen-bond acceptors (Lipinski definition) is 9. The molecule has 1 heterocycles. The minimum Gasteiger partial charge on any atom is -0.497 e. The Kier molecular flexibility index (Phi) is 9.12. The van der Waals surface area contributed by atoms with Crippen molar-refractivity contribution in [3.63, 3.8) is 0 Å². The van der Waals surface area contributed by atoms with Crippen molar-refractivity contribution in [2.45, 2.75) is 38.6 Å². The van der Waals surface area contributed by atoms with E-state index in [-0.39, 0.29) is 29.1 Å². The van der Waals surface area contributed by atoms with Crippen molar-refractivity contribution in [3.05, 3.63) is 58.4 Å². The lowest BCUT2D eigenvalue weighted by molar-refractivity contribution is -0.384. The number of nitro benzene ring substituents is 1. The fraction of sp³-hybridized carbons (Fsp3) is 0.375. The number of anilines is 1. The van der Waals surface area contributed by atoms with Crippen molar-refractivity contribution < 1.29 is 23.9 Å². The number of non-ortho nitro benzene ring substituents is 1. The Bertz CT molecular complexity index is 1200. The molecular formula is C24H29N5O6S. The average molecular weight is 516 g/mol. The van der Waals surface area contributed by atoms with Crippen molar-refractivity contribution in [3.8, 4) is 17.2 Å². The summed E-state index contributed by atoms with van der Waals surface area (Å²) in [5, 5.41) is 23.0. The second kappa shape index (κ2) is 12.2. The van der Waals surface area contributed by atoms with E-state index < -0.39 is 4.92 Å². The van der Waals surface area contributed by atoms with Gasteiger partial charge in [0.2, 0.25) is 5.91 Å². The number of carbonyl (C=O) groups is 1. The van der Waals surface area contributed by atoms with Crippen LogP contribution in [-0.4, -0.2) is 45.6 Å². The van der Waals surface area contributed by atoms with Gasteiger partial charge in [-0.05, 0) is 43.2 Å². The molecule has 0 fully saturated rings. The average Bonchev–Trinajstić information content (AvgIpc) is 3.24. The number of aromatic nitrogens is 3. The molecule has 1 atom stereocenters. The van der Waals surface area contributed by atoms with Gasteiger partial charge in [-0.2, -0.15) is 0 Å². The molecule has 0 radical (unpaired) electrons. The Morgan fingerprint density at radius 2 is 1.78 bits per heavy atom. The van der Waals surface area contributed by atoms with Gasteiger partial charge in [-0.3, -0.25) is 14.9 Å². The summed E-state index contributed by atoms with van der Waals surface area (Å²) in [6.45, 7) is 6.69. The number of nitrogens with zero attached hydrogens (tertiary/aromatic N) is 4. The number of hydrogen-bond donors (Lipinski definition) is 1. The second-order valence-corrected chi connectivity index (χ2v) is 9.20. The van der Waals surface area contributed by atoms with Crippen LogP contribution in [0.2, 0.25) is 0 Å². The van der Waals surface area contributed by atoms with Gasteiger partial charge < -0.3 is 24.1 Å². The van der Waals surface area contributed by atoms with E-state index in [4.69, 9.17) is 14.2 Å². The smallest absolute Gasteiger partial charge is 0.271 e. The summed E-state index contributed by atoms with van der Waals surface area (Å²) < 4.78 is 18.4. The van der Waals surface area contributed by atoms with Crippen LogP contribution in [0.5, 0.6) is 17.2 Å². The summed E-state index contributed by atoms with van der Waals surface area (Å²) in [7, 11) is 3.03. The van der Waals surface area contributed by atoms with E-state index in [1.165, 1.54) is 37.1 Å². The molecule has 3 aromatic rings. The first-order valence-corrected chi connectivity index (χ1v) is 12.2. The number of carbonyl (C=O) groups excluding carboxylic acids is 1. The van der Waals surface area contributed by atoms with Gasteiger partial charge in [-0.15, -0.1) is 10.2 Å². The number of nitrogens with one attached hydrogen (secondary N) is 1. The number of methoxy groups -OCH3 is 2. The third kappa shape index (κ3) is 6.87. The molecule has 0 aliphatic rings. The predicted octanol–water partition coefficient (Wildman–Crippen LogP) is 4.73. The lowest BCUT2D eigenvalue weighted by Gasteiger charge is -2.18. The molecule has 0 saturated carbocycles. The summed E-state index contributed by atoms with van der Waals surface area (Å²) in [6.07, 6.45) is -0.387. The summed E-state index contributed by atoms with van der Waals surface area (Å²) in [6, 6.07) is 11.3. The molecule has 1 unspecified atom stereocenters. The zero-order valence-corrected chi connectivity index (χ0v) is 21.6. The highest BCUT2D eigenvalue weighted by molar-refractivity contribution is 7.99. The number of amides is 1. The standard InChI is InChI=1S/C24H29N5O6S/c1-15(2)13-28-23(16(3)35-19-9-7-18(33-4)8-10-19)26-27-24(28)36-14-22(30)25-20-12-17(29(31)32)6-11-21(20)34-5/h6-12,15-16H,13-14H2,1-5H3,(H,25,30). The second-order valence-electron chi connectivity index (χ2n) is 8.26. The van der Waals surface area contributed by atoms with Gasteiger partial charge in [-0.25, -0.2) is 0 Å². The van der Waals surface area contributed by atoms with Crippen LogP contribution >= 0.6 is 11.8 Å². The molecule has 0 spiro atoms. The van der Waals surface area contributed by atoms with E-state index >= 15 is 0 Å². The van der Waals surface area contributed by atoms with E-state index in [0.29, 0.717) is 34.9 Å². The fourth-order valence-corrected chi connectivity index (χ4v) is 4.13. The molecule has 192 valence electrons.